The van der Waals surface area contributed by atoms with Crippen molar-refractivity contribution < 1.29 is 13.7 Å². The SMILES string of the molecule is [C-]#[N+]c1ccc(-c2cccc(N(CC34CCC(c5nc(C6CC6)no5)(CC3)CC4)C(=O)C34CC(F)(C3)C4)c2)nc1. The molecule has 0 unspecified atom stereocenters. The van der Waals surface area contributed by atoms with Crippen LogP contribution in [0.2, 0.25) is 0 Å². The Hall–Kier alpha value is -3.60. The standard InChI is InChI=1S/C32H32FN5O2/c1-34-23-7-8-25(35-16-23)22-3-2-4-24(15-22)38(28(39)31-17-32(33,18-31)19-31)20-29-9-12-30(13-10-29,14-11-29)27-36-26(37-40-27)21-5-6-21/h2-4,7-8,15-16,21H,5-6,9-14,17-20H2. The van der Waals surface area contributed by atoms with Crippen molar-refractivity contribution >= 4 is 17.3 Å². The smallest absolute Gasteiger partial charge is 0.233 e. The summed E-state index contributed by atoms with van der Waals surface area (Å²) in [5, 5.41) is 4.30. The molecule has 2 aromatic heterocycles. The Balaban J connectivity index is 1.07. The first-order valence-corrected chi connectivity index (χ1v) is 14.6. The number of amides is 1. The number of anilines is 1. The second kappa shape index (κ2) is 8.22. The highest BCUT2D eigenvalue weighted by molar-refractivity contribution is 6.00. The third-order valence-electron chi connectivity index (χ3n) is 10.7. The van der Waals surface area contributed by atoms with E-state index >= 15 is 0 Å². The fourth-order valence-electron chi connectivity index (χ4n) is 8.03. The van der Waals surface area contributed by atoms with Gasteiger partial charge in [0.05, 0.1) is 17.7 Å². The third kappa shape index (κ3) is 3.66. The number of pyridine rings is 1. The summed E-state index contributed by atoms with van der Waals surface area (Å²) < 4.78 is 20.3. The largest absolute Gasteiger partial charge is 0.339 e. The van der Waals surface area contributed by atoms with Crippen molar-refractivity contribution in [1.29, 1.82) is 0 Å². The Bertz CT molecular complexity index is 1510. The van der Waals surface area contributed by atoms with Crippen LogP contribution < -0.4 is 4.90 Å². The number of rotatable bonds is 7. The van der Waals surface area contributed by atoms with Crippen LogP contribution in [0.15, 0.2) is 47.1 Å². The lowest BCUT2D eigenvalue weighted by atomic mass is 9.41. The quantitative estimate of drug-likeness (QED) is 0.301. The molecule has 0 spiro atoms. The number of benzene rings is 1. The number of carbonyl (C=O) groups excluding carboxylic acids is 1. The van der Waals surface area contributed by atoms with E-state index in [1.54, 1.807) is 12.3 Å². The molecule has 10 rings (SSSR count). The van der Waals surface area contributed by atoms with Crippen LogP contribution in [0.5, 0.6) is 0 Å². The van der Waals surface area contributed by atoms with Gasteiger partial charge in [-0.05, 0) is 94.2 Å². The molecule has 7 aliphatic carbocycles. The number of carbonyl (C=O) groups is 1. The van der Waals surface area contributed by atoms with Gasteiger partial charge in [-0.15, -0.1) is 0 Å². The zero-order chi connectivity index (χ0) is 27.2. The average Bonchev–Trinajstić information content (AvgIpc) is 3.70. The van der Waals surface area contributed by atoms with Gasteiger partial charge >= 0.3 is 0 Å². The van der Waals surface area contributed by atoms with Gasteiger partial charge in [0.1, 0.15) is 5.67 Å². The Morgan fingerprint density at radius 2 is 1.82 bits per heavy atom. The molecular formula is C32H32FN5O2. The highest BCUT2D eigenvalue weighted by Gasteiger charge is 2.73. The molecule has 0 N–H and O–H groups in total. The molecular weight excluding hydrogens is 505 g/mol. The molecule has 40 heavy (non-hydrogen) atoms. The average molecular weight is 538 g/mol. The number of nitrogens with zero attached hydrogens (tertiary/aromatic N) is 5. The van der Waals surface area contributed by atoms with E-state index in [4.69, 9.17) is 16.1 Å². The molecule has 7 nitrogen and oxygen atoms in total. The second-order valence-corrected chi connectivity index (χ2v) is 13.4. The molecule has 7 fully saturated rings. The van der Waals surface area contributed by atoms with Crippen LogP contribution in [0.1, 0.15) is 88.3 Å². The molecule has 8 heteroatoms. The minimum Gasteiger partial charge on any atom is -0.339 e. The second-order valence-electron chi connectivity index (χ2n) is 13.4. The molecule has 0 radical (unpaired) electrons. The van der Waals surface area contributed by atoms with Gasteiger partial charge in [-0.25, -0.2) is 9.24 Å². The predicted octanol–water partition coefficient (Wildman–Crippen LogP) is 7.08. The minimum atomic E-state index is -1.13. The van der Waals surface area contributed by atoms with Crippen LogP contribution in [0.4, 0.5) is 15.8 Å². The monoisotopic (exact) mass is 537 g/mol. The van der Waals surface area contributed by atoms with Crippen molar-refractivity contribution in [1.82, 2.24) is 15.1 Å². The highest BCUT2D eigenvalue weighted by Crippen LogP contribution is 2.70. The van der Waals surface area contributed by atoms with Gasteiger partial charge in [0.25, 0.3) is 0 Å². The summed E-state index contributed by atoms with van der Waals surface area (Å²) in [5.41, 5.74) is 1.32. The molecule has 1 aromatic carbocycles. The fraction of sp³-hybridized carbons (Fsp3) is 0.531. The van der Waals surface area contributed by atoms with E-state index < -0.39 is 11.1 Å². The normalized spacial score (nSPS) is 33.5. The number of aromatic nitrogens is 3. The van der Waals surface area contributed by atoms with E-state index in [2.05, 4.69) is 15.0 Å². The highest BCUT2D eigenvalue weighted by atomic mass is 19.1. The summed E-state index contributed by atoms with van der Waals surface area (Å²) in [6, 6.07) is 11.6. The first-order chi connectivity index (χ1) is 19.3. The van der Waals surface area contributed by atoms with E-state index in [1.165, 1.54) is 0 Å². The Labute approximate surface area is 233 Å². The Morgan fingerprint density at radius 3 is 2.45 bits per heavy atom. The molecule has 7 aliphatic rings. The Kier molecular flexibility index (Phi) is 4.97. The van der Waals surface area contributed by atoms with Crippen molar-refractivity contribution in [2.24, 2.45) is 10.8 Å². The summed E-state index contributed by atoms with van der Waals surface area (Å²) in [7, 11) is 0. The summed E-state index contributed by atoms with van der Waals surface area (Å²) in [5.74, 6) is 2.26. The summed E-state index contributed by atoms with van der Waals surface area (Å²) in [4.78, 5) is 28.9. The van der Waals surface area contributed by atoms with Crippen molar-refractivity contribution in [3.8, 4) is 11.3 Å². The van der Waals surface area contributed by atoms with Gasteiger partial charge in [0.2, 0.25) is 17.5 Å². The first-order valence-electron chi connectivity index (χ1n) is 14.6. The number of hydrogen-bond acceptors (Lipinski definition) is 5. The van der Waals surface area contributed by atoms with E-state index in [1.807, 2.05) is 35.2 Å². The minimum absolute atomic E-state index is 0.0270. The third-order valence-corrected chi connectivity index (χ3v) is 10.7. The molecule has 1 amide bonds. The maximum absolute atomic E-state index is 14.5. The molecule has 0 saturated heterocycles. The lowest BCUT2D eigenvalue weighted by Crippen LogP contribution is -2.71. The van der Waals surface area contributed by atoms with Gasteiger partial charge in [0.15, 0.2) is 5.82 Å². The molecule has 4 bridgehead atoms. The summed E-state index contributed by atoms with van der Waals surface area (Å²) >= 11 is 0. The molecule has 0 atom stereocenters. The van der Waals surface area contributed by atoms with Gasteiger partial charge in [0, 0.05) is 35.3 Å². The van der Waals surface area contributed by atoms with Gasteiger partial charge in [-0.2, -0.15) is 4.98 Å². The number of fused-ring (bicyclic) bond motifs is 3. The van der Waals surface area contributed by atoms with Crippen LogP contribution in [-0.2, 0) is 10.2 Å². The van der Waals surface area contributed by atoms with E-state index in [-0.39, 0.29) is 16.7 Å². The van der Waals surface area contributed by atoms with Crippen LogP contribution in [0, 0.1) is 17.4 Å². The lowest BCUT2D eigenvalue weighted by Gasteiger charge is -2.65. The molecule has 204 valence electrons. The lowest BCUT2D eigenvalue weighted by molar-refractivity contribution is -0.211. The maximum Gasteiger partial charge on any atom is 0.233 e. The molecule has 0 aliphatic heterocycles. The molecule has 2 heterocycles. The van der Waals surface area contributed by atoms with Crippen molar-refractivity contribution in [2.75, 3.05) is 11.4 Å². The van der Waals surface area contributed by atoms with Crippen LogP contribution in [0.3, 0.4) is 0 Å². The van der Waals surface area contributed by atoms with Gasteiger partial charge < -0.3 is 9.42 Å². The van der Waals surface area contributed by atoms with Crippen LogP contribution in [-0.4, -0.2) is 33.2 Å². The van der Waals surface area contributed by atoms with Crippen molar-refractivity contribution in [3.05, 3.63) is 65.7 Å². The molecule has 3 aromatic rings. The van der Waals surface area contributed by atoms with E-state index in [0.717, 1.165) is 80.0 Å². The predicted molar refractivity (Wildman–Crippen MR) is 146 cm³/mol. The number of hydrogen-bond donors (Lipinski definition) is 0. The number of alkyl halides is 1. The zero-order valence-electron chi connectivity index (χ0n) is 22.5. The Morgan fingerprint density at radius 1 is 1.07 bits per heavy atom. The molecule has 7 saturated carbocycles. The summed E-state index contributed by atoms with van der Waals surface area (Å²) in [6.45, 7) is 7.85. The maximum atomic E-state index is 14.5. The van der Waals surface area contributed by atoms with E-state index in [9.17, 15) is 9.18 Å². The number of halogens is 1. The summed E-state index contributed by atoms with van der Waals surface area (Å²) in [6.07, 6.45) is 11.0. The van der Waals surface area contributed by atoms with E-state index in [0.29, 0.717) is 37.4 Å². The van der Waals surface area contributed by atoms with Crippen molar-refractivity contribution in [3.63, 3.8) is 0 Å². The van der Waals surface area contributed by atoms with Crippen LogP contribution >= 0.6 is 0 Å². The zero-order valence-corrected chi connectivity index (χ0v) is 22.5. The fourth-order valence-corrected chi connectivity index (χ4v) is 8.03. The van der Waals surface area contributed by atoms with Crippen LogP contribution in [0.25, 0.3) is 16.1 Å². The topological polar surface area (TPSA) is 76.5 Å². The van der Waals surface area contributed by atoms with Crippen molar-refractivity contribution in [2.45, 2.75) is 87.6 Å². The van der Waals surface area contributed by atoms with Gasteiger partial charge in [-0.3, -0.25) is 9.78 Å². The first kappa shape index (κ1) is 24.2. The van der Waals surface area contributed by atoms with Gasteiger partial charge in [-0.1, -0.05) is 23.4 Å².